The van der Waals surface area contributed by atoms with Crippen LogP contribution in [0, 0.1) is 0 Å². The van der Waals surface area contributed by atoms with E-state index in [1.807, 2.05) is 0 Å². The Hall–Kier alpha value is -1.32. The first-order valence-corrected chi connectivity index (χ1v) is 5.83. The van der Waals surface area contributed by atoms with Gasteiger partial charge in [-0.3, -0.25) is 9.98 Å². The van der Waals surface area contributed by atoms with Crippen molar-refractivity contribution in [1.82, 2.24) is 0 Å². The topological polar surface area (TPSA) is 163 Å². The molecule has 0 aromatic carbocycles. The predicted molar refractivity (Wildman–Crippen MR) is 54.8 cm³/mol. The number of hydrogen-bond donors (Lipinski definition) is 0. The van der Waals surface area contributed by atoms with E-state index < -0.39 is 43.3 Å². The van der Waals surface area contributed by atoms with Crippen molar-refractivity contribution in [2.24, 2.45) is 15.0 Å². The van der Waals surface area contributed by atoms with E-state index >= 15 is 0 Å². The molecule has 0 fully saturated rings. The fraction of sp³-hybridized carbons (Fsp3) is 0.500. The van der Waals surface area contributed by atoms with Crippen LogP contribution in [0.5, 0.6) is 0 Å². The molecular formula is C8H8N3O6STc-2. The van der Waals surface area contributed by atoms with Crippen molar-refractivity contribution in [3.8, 4) is 0 Å². The van der Waals surface area contributed by atoms with Crippen LogP contribution in [0.15, 0.2) is 15.0 Å². The molecule has 0 saturated carbocycles. The predicted octanol–water partition coefficient (Wildman–Crippen LogP) is -5.56. The van der Waals surface area contributed by atoms with Gasteiger partial charge in [-0.05, 0) is 11.8 Å². The fourth-order valence-electron chi connectivity index (χ4n) is 0.610. The van der Waals surface area contributed by atoms with Gasteiger partial charge in [-0.1, -0.05) is 5.90 Å². The summed E-state index contributed by atoms with van der Waals surface area (Å²) >= 11 is 5.28. The Morgan fingerprint density at radius 2 is 1.21 bits per heavy atom. The number of carbonyl (C=O) groups excluding carboxylic acids is 1. The zero-order chi connectivity index (χ0) is 15.3. The van der Waals surface area contributed by atoms with E-state index in [9.17, 15) is 25.2 Å². The molecule has 0 aliphatic heterocycles. The summed E-state index contributed by atoms with van der Waals surface area (Å²) in [5.74, 6) is -3.99. The standard InChI is InChI=1S/C8H13N3O5S.O.Tc/c12-5(2-10-7(14)4-17)9-1-6(13)11-3-8(15)16;;/h17H,1-4H2,(H,9,12)(H,10,14)(H,11,13)(H,15,16);;/q;;+3/p-5. The van der Waals surface area contributed by atoms with Gasteiger partial charge < -0.3 is 42.8 Å². The van der Waals surface area contributed by atoms with Gasteiger partial charge in [0.25, 0.3) is 0 Å². The van der Waals surface area contributed by atoms with Crippen LogP contribution in [-0.2, 0) is 39.8 Å². The number of rotatable bonds is 7. The number of nitrogens with zero attached hydrogens (tertiary/aromatic N) is 3. The minimum absolute atomic E-state index is 0.229. The number of carbonyl (C=O) groups is 1. The van der Waals surface area contributed by atoms with Gasteiger partial charge >= 0.3 is 22.4 Å². The summed E-state index contributed by atoms with van der Waals surface area (Å²) in [4.78, 5) is 19.5. The summed E-state index contributed by atoms with van der Waals surface area (Å²) in [7, 11) is 0. The normalized spacial score (nSPS) is 12.5. The van der Waals surface area contributed by atoms with Crippen molar-refractivity contribution in [2.45, 2.75) is 0 Å². The molecule has 0 atom stereocenters. The Morgan fingerprint density at radius 3 is 1.58 bits per heavy atom. The third-order valence-corrected chi connectivity index (χ3v) is 1.54. The molecule has 0 N–H and O–H groups in total. The van der Waals surface area contributed by atoms with Crippen LogP contribution in [0.3, 0.4) is 0 Å². The van der Waals surface area contributed by atoms with Crippen LogP contribution in [0.25, 0.3) is 0 Å². The van der Waals surface area contributed by atoms with Gasteiger partial charge in [0.1, 0.15) is 0 Å². The Labute approximate surface area is 124 Å². The number of aliphatic imine (C=N–C) groups is 3. The molecule has 9 nitrogen and oxygen atoms in total. The maximum absolute atomic E-state index is 10.9. The molecule has 0 heterocycles. The third kappa shape index (κ3) is 14.6. The average Bonchev–Trinajstić information content (AvgIpc) is 2.42. The van der Waals surface area contributed by atoms with Crippen LogP contribution in [0.2, 0.25) is 0 Å². The molecule has 0 unspecified atom stereocenters. The maximum atomic E-state index is 10.9. The first-order chi connectivity index (χ1) is 8.95. The molecule has 0 bridgehead atoms. The van der Waals surface area contributed by atoms with E-state index in [-0.39, 0.29) is 5.75 Å². The van der Waals surface area contributed by atoms with E-state index in [2.05, 4.69) is 27.6 Å². The molecule has 0 amide bonds. The van der Waals surface area contributed by atoms with Crippen molar-refractivity contribution in [2.75, 3.05) is 25.4 Å². The molecule has 0 saturated heterocycles. The monoisotopic (exact) mass is 371 g/mol. The van der Waals surface area contributed by atoms with E-state index in [0.29, 0.717) is 0 Å². The Balaban J connectivity index is 0. The molecule has 106 valence electrons. The molecule has 11 heteroatoms. The Morgan fingerprint density at radius 1 is 0.842 bits per heavy atom. The van der Waals surface area contributed by atoms with Crippen LogP contribution in [0.4, 0.5) is 0 Å². The summed E-state index contributed by atoms with van der Waals surface area (Å²) < 4.78 is 8.22. The van der Waals surface area contributed by atoms with Crippen LogP contribution in [-0.4, -0.2) is 49.0 Å². The second-order valence-corrected chi connectivity index (χ2v) is 2.93. The third-order valence-electron chi connectivity index (χ3n) is 1.29. The van der Waals surface area contributed by atoms with E-state index in [1.165, 1.54) is 0 Å². The van der Waals surface area contributed by atoms with E-state index in [4.69, 9.17) is 3.50 Å². The van der Waals surface area contributed by atoms with Gasteiger partial charge in [0.15, 0.2) is 0 Å². The summed E-state index contributed by atoms with van der Waals surface area (Å²) in [6, 6.07) is 0. The molecule has 0 spiro atoms. The summed E-state index contributed by atoms with van der Waals surface area (Å²) in [5.41, 5.74) is 0. The first-order valence-electron chi connectivity index (χ1n) is 4.50. The molecule has 19 heavy (non-hydrogen) atoms. The Kier molecular flexibility index (Phi) is 13.8. The van der Waals surface area contributed by atoms with Crippen LogP contribution in [0.1, 0.15) is 0 Å². The molecule has 0 aliphatic carbocycles. The van der Waals surface area contributed by atoms with Gasteiger partial charge in [-0.25, -0.2) is 0 Å². The van der Waals surface area contributed by atoms with Crippen molar-refractivity contribution in [3.63, 3.8) is 0 Å². The number of aliphatic carboxylic acids is 1. The zero-order valence-corrected chi connectivity index (χ0v) is 12.1. The molecule has 0 rings (SSSR count). The van der Waals surface area contributed by atoms with Gasteiger partial charge in [-0.2, -0.15) is 0 Å². The number of hydrogen-bond acceptors (Lipinski definition) is 10. The minimum atomic E-state index is -1.50. The average molecular weight is 372 g/mol. The number of carboxylic acids is 1. The van der Waals surface area contributed by atoms with Crippen LogP contribution < -0.4 is 20.4 Å². The summed E-state index contributed by atoms with van der Waals surface area (Å²) in [5, 5.41) is 42.3. The van der Waals surface area contributed by atoms with E-state index in [0.717, 1.165) is 18.9 Å². The van der Waals surface area contributed by atoms with Gasteiger partial charge in [0.2, 0.25) is 0 Å². The van der Waals surface area contributed by atoms with Gasteiger partial charge in [-0.15, -0.1) is 5.75 Å². The Bertz CT molecular complexity index is 373. The summed E-state index contributed by atoms with van der Waals surface area (Å²) in [6.07, 6.45) is 0. The molecule has 0 aliphatic rings. The zero-order valence-electron chi connectivity index (χ0n) is 9.41. The quantitative estimate of drug-likeness (QED) is 0.244. The van der Waals surface area contributed by atoms with Gasteiger partial charge in [0, 0.05) is 0 Å². The first kappa shape index (κ1) is 20.0. The molecular weight excluding hydrogens is 364 g/mol. The van der Waals surface area contributed by atoms with Crippen molar-refractivity contribution in [3.05, 3.63) is 0 Å². The van der Waals surface area contributed by atoms with Crippen LogP contribution >= 0.6 is 0 Å². The fourth-order valence-corrected chi connectivity index (χ4v) is 0.701. The van der Waals surface area contributed by atoms with Gasteiger partial charge in [0.05, 0.1) is 25.6 Å². The molecule has 0 radical (unpaired) electrons. The second-order valence-electron chi connectivity index (χ2n) is 2.65. The number of carboxylic acid groups (broad SMARTS) is 1. The van der Waals surface area contributed by atoms with Crippen molar-refractivity contribution < 1.29 is 47.6 Å². The SMILES string of the molecule is O=C([O-])CN=C([O-])CN=C([O-])CN=C([O-])C[S-].[O]=[Tc+3]. The summed E-state index contributed by atoms with van der Waals surface area (Å²) in [6.45, 7) is -1.84. The second kappa shape index (κ2) is 13.1. The van der Waals surface area contributed by atoms with E-state index in [1.54, 1.807) is 0 Å². The van der Waals surface area contributed by atoms with Crippen molar-refractivity contribution in [1.29, 1.82) is 0 Å². The molecule has 0 aromatic heterocycles. The molecule has 0 aromatic rings. The van der Waals surface area contributed by atoms with Crippen molar-refractivity contribution >= 4 is 36.3 Å².